The molecule has 92 valence electrons. The second-order valence-electron chi connectivity index (χ2n) is 4.32. The van der Waals surface area contributed by atoms with E-state index in [-0.39, 0.29) is 11.2 Å². The van der Waals surface area contributed by atoms with E-state index in [1.807, 2.05) is 13.8 Å². The smallest absolute Gasteiger partial charge is 0.144 e. The first-order valence-electron chi connectivity index (χ1n) is 5.36. The lowest BCUT2D eigenvalue weighted by atomic mass is 10.1. The molecule has 0 radical (unpaired) electrons. The van der Waals surface area contributed by atoms with Crippen LogP contribution in [-0.4, -0.2) is 19.3 Å². The second-order valence-corrected chi connectivity index (χ2v) is 4.32. The largest absolute Gasteiger partial charge is 0.493 e. The molecule has 0 aliphatic heterocycles. The highest BCUT2D eigenvalue weighted by Crippen LogP contribution is 2.18. The third-order valence-electron chi connectivity index (χ3n) is 2.59. The van der Waals surface area contributed by atoms with E-state index >= 15 is 0 Å². The summed E-state index contributed by atoms with van der Waals surface area (Å²) in [5.74, 6) is -0.135. The van der Waals surface area contributed by atoms with E-state index in [4.69, 9.17) is 14.7 Å². The summed E-state index contributed by atoms with van der Waals surface area (Å²) in [5, 5.41) is 8.58. The summed E-state index contributed by atoms with van der Waals surface area (Å²) >= 11 is 0. The SMILES string of the molecule is COC(C)(C)CCOc1ccc(C#N)c(F)c1. The number of methoxy groups -OCH3 is 1. The van der Waals surface area contributed by atoms with Crippen molar-refractivity contribution in [1.82, 2.24) is 0 Å². The minimum atomic E-state index is -0.559. The molecule has 17 heavy (non-hydrogen) atoms. The molecule has 0 heterocycles. The summed E-state index contributed by atoms with van der Waals surface area (Å²) in [6.07, 6.45) is 0.700. The number of halogens is 1. The fourth-order valence-electron chi connectivity index (χ4n) is 1.19. The van der Waals surface area contributed by atoms with Gasteiger partial charge in [0.25, 0.3) is 0 Å². The number of rotatable bonds is 5. The Hall–Kier alpha value is -1.60. The molecule has 0 spiro atoms. The molecule has 0 atom stereocenters. The maximum atomic E-state index is 13.3. The Morgan fingerprint density at radius 3 is 2.65 bits per heavy atom. The predicted octanol–water partition coefficient (Wildman–Crippen LogP) is 2.89. The average molecular weight is 237 g/mol. The number of nitriles is 1. The van der Waals surface area contributed by atoms with Gasteiger partial charge in [-0.3, -0.25) is 0 Å². The first-order chi connectivity index (χ1) is 7.98. The number of ether oxygens (including phenoxy) is 2. The molecule has 3 nitrogen and oxygen atoms in total. The molecule has 1 aromatic rings. The summed E-state index contributed by atoms with van der Waals surface area (Å²) in [7, 11) is 1.64. The van der Waals surface area contributed by atoms with Gasteiger partial charge in [0.15, 0.2) is 0 Å². The lowest BCUT2D eigenvalue weighted by molar-refractivity contribution is 0.00544. The molecule has 0 N–H and O–H groups in total. The fourth-order valence-corrected chi connectivity index (χ4v) is 1.19. The molecular formula is C13H16FNO2. The predicted molar refractivity (Wildman–Crippen MR) is 62.3 cm³/mol. The number of hydrogen-bond donors (Lipinski definition) is 0. The van der Waals surface area contributed by atoms with Crippen LogP contribution < -0.4 is 4.74 Å². The van der Waals surface area contributed by atoms with Crippen LogP contribution in [0.3, 0.4) is 0 Å². The van der Waals surface area contributed by atoms with Crippen LogP contribution in [0.5, 0.6) is 5.75 Å². The number of hydrogen-bond acceptors (Lipinski definition) is 3. The monoisotopic (exact) mass is 237 g/mol. The summed E-state index contributed by atoms with van der Waals surface area (Å²) in [6, 6.07) is 5.98. The molecule has 4 heteroatoms. The van der Waals surface area contributed by atoms with E-state index in [9.17, 15) is 4.39 Å². The van der Waals surface area contributed by atoms with Crippen molar-refractivity contribution < 1.29 is 13.9 Å². The van der Waals surface area contributed by atoms with Crippen LogP contribution in [0, 0.1) is 17.1 Å². The Bertz CT molecular complexity index is 424. The zero-order valence-electron chi connectivity index (χ0n) is 10.3. The highest BCUT2D eigenvalue weighted by atomic mass is 19.1. The van der Waals surface area contributed by atoms with Crippen molar-refractivity contribution in [3.05, 3.63) is 29.6 Å². The minimum Gasteiger partial charge on any atom is -0.493 e. The van der Waals surface area contributed by atoms with Crippen molar-refractivity contribution in [2.75, 3.05) is 13.7 Å². The molecule has 0 aliphatic carbocycles. The first-order valence-corrected chi connectivity index (χ1v) is 5.36. The molecule has 0 saturated carbocycles. The first kappa shape index (κ1) is 13.5. The molecule has 0 saturated heterocycles. The van der Waals surface area contributed by atoms with Crippen molar-refractivity contribution in [2.45, 2.75) is 25.9 Å². The Balaban J connectivity index is 2.54. The molecule has 0 fully saturated rings. The number of benzene rings is 1. The summed E-state index contributed by atoms with van der Waals surface area (Å²) in [4.78, 5) is 0. The van der Waals surface area contributed by atoms with Crippen LogP contribution in [0.2, 0.25) is 0 Å². The molecule has 0 amide bonds. The van der Waals surface area contributed by atoms with Crippen molar-refractivity contribution in [2.24, 2.45) is 0 Å². The maximum Gasteiger partial charge on any atom is 0.144 e. The van der Waals surface area contributed by atoms with E-state index < -0.39 is 5.82 Å². The average Bonchev–Trinajstić information content (AvgIpc) is 2.29. The van der Waals surface area contributed by atoms with Gasteiger partial charge in [-0.2, -0.15) is 5.26 Å². The highest BCUT2D eigenvalue weighted by Gasteiger charge is 2.16. The standard InChI is InChI=1S/C13H16FNO2/c1-13(2,16-3)6-7-17-11-5-4-10(9-15)12(14)8-11/h4-5,8H,6-7H2,1-3H3. The summed E-state index contributed by atoms with van der Waals surface area (Å²) in [5.41, 5.74) is -0.236. The zero-order valence-corrected chi connectivity index (χ0v) is 10.3. The quantitative estimate of drug-likeness (QED) is 0.790. The Morgan fingerprint density at radius 1 is 1.41 bits per heavy atom. The van der Waals surface area contributed by atoms with Crippen LogP contribution in [0.1, 0.15) is 25.8 Å². The van der Waals surface area contributed by atoms with Crippen molar-refractivity contribution >= 4 is 0 Å². The van der Waals surface area contributed by atoms with Crippen LogP contribution in [-0.2, 0) is 4.74 Å². The molecular weight excluding hydrogens is 221 g/mol. The van der Waals surface area contributed by atoms with Gasteiger partial charge in [0.1, 0.15) is 17.6 Å². The van der Waals surface area contributed by atoms with Crippen molar-refractivity contribution in [3.63, 3.8) is 0 Å². The van der Waals surface area contributed by atoms with Gasteiger partial charge in [0.05, 0.1) is 17.8 Å². The van der Waals surface area contributed by atoms with Gasteiger partial charge in [0, 0.05) is 19.6 Å². The number of nitrogens with zero attached hydrogens (tertiary/aromatic N) is 1. The molecule has 1 rings (SSSR count). The molecule has 0 aliphatic rings. The molecule has 0 bridgehead atoms. The van der Waals surface area contributed by atoms with Crippen LogP contribution in [0.4, 0.5) is 4.39 Å². The van der Waals surface area contributed by atoms with E-state index in [0.29, 0.717) is 18.8 Å². The fraction of sp³-hybridized carbons (Fsp3) is 0.462. The van der Waals surface area contributed by atoms with Crippen molar-refractivity contribution in [3.8, 4) is 11.8 Å². The third-order valence-corrected chi connectivity index (χ3v) is 2.59. The van der Waals surface area contributed by atoms with Crippen LogP contribution in [0.15, 0.2) is 18.2 Å². The minimum absolute atomic E-state index is 0.0228. The molecule has 0 aromatic heterocycles. The summed E-state index contributed by atoms with van der Waals surface area (Å²) < 4.78 is 23.9. The van der Waals surface area contributed by atoms with E-state index in [2.05, 4.69) is 0 Å². The van der Waals surface area contributed by atoms with Gasteiger partial charge in [-0.15, -0.1) is 0 Å². The Morgan fingerprint density at radius 2 is 2.12 bits per heavy atom. The van der Waals surface area contributed by atoms with Gasteiger partial charge in [-0.25, -0.2) is 4.39 Å². The van der Waals surface area contributed by atoms with Gasteiger partial charge in [-0.05, 0) is 26.0 Å². The normalized spacial score (nSPS) is 11.0. The topological polar surface area (TPSA) is 42.2 Å². The van der Waals surface area contributed by atoms with E-state index in [1.165, 1.54) is 12.1 Å². The highest BCUT2D eigenvalue weighted by molar-refractivity contribution is 5.36. The lowest BCUT2D eigenvalue weighted by Crippen LogP contribution is -2.25. The summed E-state index contributed by atoms with van der Waals surface area (Å²) in [6.45, 7) is 4.34. The van der Waals surface area contributed by atoms with Crippen LogP contribution >= 0.6 is 0 Å². The van der Waals surface area contributed by atoms with Gasteiger partial charge >= 0.3 is 0 Å². The second kappa shape index (κ2) is 5.65. The van der Waals surface area contributed by atoms with Gasteiger partial charge in [-0.1, -0.05) is 0 Å². The van der Waals surface area contributed by atoms with E-state index in [1.54, 1.807) is 19.2 Å². The third kappa shape index (κ3) is 4.04. The maximum absolute atomic E-state index is 13.3. The molecule has 1 aromatic carbocycles. The zero-order chi connectivity index (χ0) is 12.9. The molecule has 0 unspecified atom stereocenters. The van der Waals surface area contributed by atoms with Crippen LogP contribution in [0.25, 0.3) is 0 Å². The lowest BCUT2D eigenvalue weighted by Gasteiger charge is -2.22. The van der Waals surface area contributed by atoms with Gasteiger partial charge in [0.2, 0.25) is 0 Å². The Labute approximate surface area is 101 Å². The van der Waals surface area contributed by atoms with Gasteiger partial charge < -0.3 is 9.47 Å². The van der Waals surface area contributed by atoms with Crippen molar-refractivity contribution in [1.29, 1.82) is 5.26 Å². The Kier molecular flexibility index (Phi) is 4.47. The van der Waals surface area contributed by atoms with E-state index in [0.717, 1.165) is 0 Å².